The average molecular weight is 426 g/mol. The van der Waals surface area contributed by atoms with Crippen molar-refractivity contribution in [2.24, 2.45) is 0 Å². The molecule has 0 aliphatic carbocycles. The monoisotopic (exact) mass is 425 g/mol. The van der Waals surface area contributed by atoms with Crippen molar-refractivity contribution in [1.82, 2.24) is 10.3 Å². The Morgan fingerprint density at radius 1 is 1.07 bits per heavy atom. The van der Waals surface area contributed by atoms with E-state index in [4.69, 9.17) is 4.74 Å². The molecule has 0 spiro atoms. The Hall–Kier alpha value is -3.39. The maximum absolute atomic E-state index is 13.0. The molecule has 156 valence electrons. The largest absolute Gasteiger partial charge is 0.495 e. The molecule has 3 rings (SSSR count). The molecule has 1 aromatic heterocycles. The van der Waals surface area contributed by atoms with E-state index in [1.807, 2.05) is 13.0 Å². The summed E-state index contributed by atoms with van der Waals surface area (Å²) in [6.45, 7) is 1.86. The Bertz CT molecular complexity index is 1120. The highest BCUT2D eigenvalue weighted by Gasteiger charge is 2.24. The molecule has 0 aliphatic rings. The number of benzene rings is 2. The smallest absolute Gasteiger partial charge is 0.264 e. The van der Waals surface area contributed by atoms with Gasteiger partial charge in [0.25, 0.3) is 15.9 Å². The normalized spacial score (nSPS) is 12.1. The van der Waals surface area contributed by atoms with E-state index in [1.165, 1.54) is 38.4 Å². The number of pyridine rings is 1. The summed E-state index contributed by atoms with van der Waals surface area (Å²) in [5.74, 6) is 0.150. The third-order valence-corrected chi connectivity index (χ3v) is 6.52. The minimum Gasteiger partial charge on any atom is -0.495 e. The van der Waals surface area contributed by atoms with Gasteiger partial charge in [0.1, 0.15) is 5.75 Å². The Morgan fingerprint density at radius 3 is 2.40 bits per heavy atom. The van der Waals surface area contributed by atoms with E-state index in [0.717, 1.165) is 9.87 Å². The number of sulfonamides is 1. The second kappa shape index (κ2) is 8.96. The maximum atomic E-state index is 13.0. The van der Waals surface area contributed by atoms with Crippen LogP contribution in [0.1, 0.15) is 28.9 Å². The van der Waals surface area contributed by atoms with Gasteiger partial charge in [-0.1, -0.05) is 18.2 Å². The molecule has 0 unspecified atom stereocenters. The van der Waals surface area contributed by atoms with Gasteiger partial charge in [0, 0.05) is 25.0 Å². The quantitative estimate of drug-likeness (QED) is 0.627. The van der Waals surface area contributed by atoms with Gasteiger partial charge in [-0.15, -0.1) is 0 Å². The molecule has 8 heteroatoms. The number of amides is 1. The lowest BCUT2D eigenvalue weighted by Gasteiger charge is -2.21. The summed E-state index contributed by atoms with van der Waals surface area (Å²) >= 11 is 0. The van der Waals surface area contributed by atoms with Crippen LogP contribution in [-0.2, 0) is 10.0 Å². The molecule has 30 heavy (non-hydrogen) atoms. The third kappa shape index (κ3) is 4.44. The van der Waals surface area contributed by atoms with Gasteiger partial charge in [-0.25, -0.2) is 8.42 Å². The second-order valence-electron chi connectivity index (χ2n) is 6.65. The second-order valence-corrected chi connectivity index (χ2v) is 8.62. The summed E-state index contributed by atoms with van der Waals surface area (Å²) < 4.78 is 32.4. The molecule has 1 N–H and O–H groups in total. The Labute approximate surface area is 176 Å². The van der Waals surface area contributed by atoms with Crippen LogP contribution in [0.25, 0.3) is 0 Å². The molecule has 2 aromatic carbocycles. The van der Waals surface area contributed by atoms with Gasteiger partial charge in [0.2, 0.25) is 0 Å². The number of nitrogens with zero attached hydrogens (tertiary/aromatic N) is 2. The Balaban J connectivity index is 1.78. The van der Waals surface area contributed by atoms with Gasteiger partial charge < -0.3 is 10.1 Å². The molecule has 1 heterocycles. The van der Waals surface area contributed by atoms with E-state index in [1.54, 1.807) is 42.7 Å². The lowest BCUT2D eigenvalue weighted by atomic mass is 10.1. The van der Waals surface area contributed by atoms with Gasteiger partial charge in [-0.05, 0) is 55.0 Å². The number of para-hydroxylation sites is 2. The van der Waals surface area contributed by atoms with Crippen molar-refractivity contribution in [3.05, 3.63) is 84.2 Å². The fourth-order valence-electron chi connectivity index (χ4n) is 2.95. The van der Waals surface area contributed by atoms with Crippen molar-refractivity contribution in [2.75, 3.05) is 18.5 Å². The van der Waals surface area contributed by atoms with E-state index in [0.29, 0.717) is 17.0 Å². The summed E-state index contributed by atoms with van der Waals surface area (Å²) in [4.78, 5) is 16.6. The lowest BCUT2D eigenvalue weighted by Crippen LogP contribution is -2.28. The van der Waals surface area contributed by atoms with E-state index < -0.39 is 10.0 Å². The highest BCUT2D eigenvalue weighted by atomic mass is 32.2. The number of hydrogen-bond acceptors (Lipinski definition) is 5. The highest BCUT2D eigenvalue weighted by Crippen LogP contribution is 2.30. The van der Waals surface area contributed by atoms with Gasteiger partial charge in [0.05, 0.1) is 23.7 Å². The maximum Gasteiger partial charge on any atom is 0.264 e. The standard InChI is InChI=1S/C22H23N3O4S/c1-16(18-7-6-14-23-15-18)24-22(26)17-10-12-19(13-11-17)30(27,28)25(2)20-8-4-5-9-21(20)29-3/h4-16H,1-3H3,(H,24,26)/t16-/m1/s1. The molecular formula is C22H23N3O4S. The first-order valence-electron chi connectivity index (χ1n) is 9.27. The average Bonchev–Trinajstić information content (AvgIpc) is 2.79. The van der Waals surface area contributed by atoms with E-state index in [9.17, 15) is 13.2 Å². The van der Waals surface area contributed by atoms with Crippen LogP contribution in [0, 0.1) is 0 Å². The van der Waals surface area contributed by atoms with Gasteiger partial charge in [0.15, 0.2) is 0 Å². The van der Waals surface area contributed by atoms with Crippen molar-refractivity contribution in [3.63, 3.8) is 0 Å². The van der Waals surface area contributed by atoms with Crippen LogP contribution in [0.3, 0.4) is 0 Å². The summed E-state index contributed by atoms with van der Waals surface area (Å²) in [6, 6.07) is 16.1. The van der Waals surface area contributed by atoms with Gasteiger partial charge in [-0.3, -0.25) is 14.1 Å². The third-order valence-electron chi connectivity index (χ3n) is 4.73. The first kappa shape index (κ1) is 21.3. The molecule has 7 nitrogen and oxygen atoms in total. The Morgan fingerprint density at radius 2 is 1.77 bits per heavy atom. The predicted molar refractivity (Wildman–Crippen MR) is 115 cm³/mol. The number of hydrogen-bond donors (Lipinski definition) is 1. The SMILES string of the molecule is COc1ccccc1N(C)S(=O)(=O)c1ccc(C(=O)N[C@H](C)c2cccnc2)cc1. The van der Waals surface area contributed by atoms with Crippen LogP contribution in [0.2, 0.25) is 0 Å². The number of rotatable bonds is 7. The van der Waals surface area contributed by atoms with E-state index in [2.05, 4.69) is 10.3 Å². The minimum atomic E-state index is -3.82. The fraction of sp³-hybridized carbons (Fsp3) is 0.182. The molecule has 0 radical (unpaired) electrons. The van der Waals surface area contributed by atoms with Crippen LogP contribution in [0.15, 0.2) is 78.0 Å². The fourth-order valence-corrected chi connectivity index (χ4v) is 4.16. The molecular weight excluding hydrogens is 402 g/mol. The topological polar surface area (TPSA) is 88.6 Å². The molecule has 3 aromatic rings. The minimum absolute atomic E-state index is 0.0766. The summed E-state index contributed by atoms with van der Waals surface area (Å²) in [7, 11) is -0.873. The number of nitrogens with one attached hydrogen (secondary N) is 1. The molecule has 1 atom stereocenters. The highest BCUT2D eigenvalue weighted by molar-refractivity contribution is 7.92. The number of carbonyl (C=O) groups is 1. The molecule has 0 bridgehead atoms. The molecule has 0 aliphatic heterocycles. The summed E-state index contributed by atoms with van der Waals surface area (Å²) in [5.41, 5.74) is 1.67. The first-order valence-corrected chi connectivity index (χ1v) is 10.7. The molecule has 0 saturated carbocycles. The van der Waals surface area contributed by atoms with Crippen molar-refractivity contribution >= 4 is 21.6 Å². The first-order chi connectivity index (χ1) is 14.3. The van der Waals surface area contributed by atoms with Crippen molar-refractivity contribution in [1.29, 1.82) is 0 Å². The summed E-state index contributed by atoms with van der Waals surface area (Å²) in [5, 5.41) is 2.88. The zero-order valence-electron chi connectivity index (χ0n) is 16.9. The number of carbonyl (C=O) groups excluding carboxylic acids is 1. The van der Waals surface area contributed by atoms with Crippen LogP contribution < -0.4 is 14.4 Å². The van der Waals surface area contributed by atoms with Crippen molar-refractivity contribution < 1.29 is 17.9 Å². The van der Waals surface area contributed by atoms with Crippen molar-refractivity contribution in [3.8, 4) is 5.75 Å². The van der Waals surface area contributed by atoms with Crippen LogP contribution in [0.5, 0.6) is 5.75 Å². The number of anilines is 1. The lowest BCUT2D eigenvalue weighted by molar-refractivity contribution is 0.0939. The predicted octanol–water partition coefficient (Wildman–Crippen LogP) is 3.41. The zero-order chi connectivity index (χ0) is 21.7. The van der Waals surface area contributed by atoms with Gasteiger partial charge in [-0.2, -0.15) is 0 Å². The molecule has 0 saturated heterocycles. The zero-order valence-corrected chi connectivity index (χ0v) is 17.8. The van der Waals surface area contributed by atoms with Crippen LogP contribution >= 0.6 is 0 Å². The van der Waals surface area contributed by atoms with E-state index >= 15 is 0 Å². The van der Waals surface area contributed by atoms with Gasteiger partial charge >= 0.3 is 0 Å². The molecule has 0 fully saturated rings. The summed E-state index contributed by atoms with van der Waals surface area (Å²) in [6.07, 6.45) is 3.35. The number of methoxy groups -OCH3 is 1. The van der Waals surface area contributed by atoms with E-state index in [-0.39, 0.29) is 16.8 Å². The van der Waals surface area contributed by atoms with Crippen LogP contribution in [-0.4, -0.2) is 33.5 Å². The van der Waals surface area contributed by atoms with Crippen LogP contribution in [0.4, 0.5) is 5.69 Å². The van der Waals surface area contributed by atoms with Crippen molar-refractivity contribution in [2.45, 2.75) is 17.9 Å². The Kier molecular flexibility index (Phi) is 6.37. The number of aromatic nitrogens is 1. The number of ether oxygens (including phenoxy) is 1. The molecule has 1 amide bonds.